The van der Waals surface area contributed by atoms with Crippen LogP contribution in [0.5, 0.6) is 11.5 Å². The maximum atomic E-state index is 11.8. The van der Waals surface area contributed by atoms with Crippen LogP contribution in [0.15, 0.2) is 24.3 Å². The molecule has 0 aliphatic rings. The van der Waals surface area contributed by atoms with Crippen molar-refractivity contribution >= 4 is 5.91 Å². The van der Waals surface area contributed by atoms with Gasteiger partial charge in [0.25, 0.3) is 5.91 Å². The van der Waals surface area contributed by atoms with E-state index < -0.39 is 6.10 Å². The second-order valence-corrected chi connectivity index (χ2v) is 4.05. The smallest absolute Gasteiger partial charge is 0.260 e. The highest BCUT2D eigenvalue weighted by Crippen LogP contribution is 2.26. The van der Waals surface area contributed by atoms with Crippen molar-refractivity contribution in [3.63, 3.8) is 0 Å². The van der Waals surface area contributed by atoms with Crippen molar-refractivity contribution in [1.82, 2.24) is 5.32 Å². The van der Waals surface area contributed by atoms with E-state index in [4.69, 9.17) is 14.2 Å². The summed E-state index contributed by atoms with van der Waals surface area (Å²) in [4.78, 5) is 11.8. The van der Waals surface area contributed by atoms with E-state index in [-0.39, 0.29) is 5.91 Å². The lowest BCUT2D eigenvalue weighted by Gasteiger charge is -2.16. The van der Waals surface area contributed by atoms with Gasteiger partial charge in [0.15, 0.2) is 17.6 Å². The molecule has 0 fully saturated rings. The Morgan fingerprint density at radius 2 is 1.95 bits per heavy atom. The lowest BCUT2D eigenvalue weighted by molar-refractivity contribution is -0.127. The van der Waals surface area contributed by atoms with Gasteiger partial charge in [-0.15, -0.1) is 0 Å². The summed E-state index contributed by atoms with van der Waals surface area (Å²) >= 11 is 0. The van der Waals surface area contributed by atoms with E-state index in [1.165, 1.54) is 0 Å². The van der Waals surface area contributed by atoms with E-state index in [0.29, 0.717) is 24.7 Å². The number of hydrogen-bond acceptors (Lipinski definition) is 4. The third kappa shape index (κ3) is 5.18. The number of benzene rings is 1. The summed E-state index contributed by atoms with van der Waals surface area (Å²) in [6.07, 6.45) is 0.211. The first-order valence-corrected chi connectivity index (χ1v) is 6.25. The van der Waals surface area contributed by atoms with Gasteiger partial charge in [-0.05, 0) is 25.5 Å². The van der Waals surface area contributed by atoms with Crippen LogP contribution >= 0.6 is 0 Å². The molecule has 1 aromatic carbocycles. The van der Waals surface area contributed by atoms with Crippen LogP contribution in [0.25, 0.3) is 0 Å². The fourth-order valence-corrected chi connectivity index (χ4v) is 1.53. The number of carbonyl (C=O) groups excluding carboxylic acids is 1. The molecule has 1 rings (SSSR count). The van der Waals surface area contributed by atoms with E-state index in [9.17, 15) is 4.79 Å². The number of amides is 1. The van der Waals surface area contributed by atoms with Crippen molar-refractivity contribution in [3.8, 4) is 11.5 Å². The van der Waals surface area contributed by atoms with Gasteiger partial charge in [0.1, 0.15) is 0 Å². The molecule has 5 heteroatoms. The SMILES string of the molecule is COCCCNC(=O)[C@@H](C)Oc1ccccc1OC. The van der Waals surface area contributed by atoms with Crippen LogP contribution in [-0.4, -0.2) is 39.4 Å². The van der Waals surface area contributed by atoms with Crippen LogP contribution in [0.2, 0.25) is 0 Å². The Morgan fingerprint density at radius 1 is 1.26 bits per heavy atom. The topological polar surface area (TPSA) is 56.8 Å². The summed E-state index contributed by atoms with van der Waals surface area (Å²) < 4.78 is 15.7. The van der Waals surface area contributed by atoms with Crippen LogP contribution in [0, 0.1) is 0 Å². The molecule has 0 saturated carbocycles. The standard InChI is InChI=1S/C14H21NO4/c1-11(14(16)15-9-6-10-17-2)19-13-8-5-4-7-12(13)18-3/h4-5,7-8,11H,6,9-10H2,1-3H3,(H,15,16)/t11-/m1/s1. The highest BCUT2D eigenvalue weighted by molar-refractivity contribution is 5.80. The minimum Gasteiger partial charge on any atom is -0.493 e. The van der Waals surface area contributed by atoms with E-state index in [1.54, 1.807) is 33.3 Å². The number of para-hydroxylation sites is 2. The number of hydrogen-bond donors (Lipinski definition) is 1. The molecule has 0 heterocycles. The zero-order valence-electron chi connectivity index (χ0n) is 11.6. The van der Waals surface area contributed by atoms with Gasteiger partial charge in [0, 0.05) is 20.3 Å². The summed E-state index contributed by atoms with van der Waals surface area (Å²) in [5.41, 5.74) is 0. The first-order valence-electron chi connectivity index (χ1n) is 6.25. The van der Waals surface area contributed by atoms with Gasteiger partial charge >= 0.3 is 0 Å². The average molecular weight is 267 g/mol. The number of carbonyl (C=O) groups is 1. The fraction of sp³-hybridized carbons (Fsp3) is 0.500. The first kappa shape index (κ1) is 15.3. The van der Waals surface area contributed by atoms with Crippen LogP contribution in [0.4, 0.5) is 0 Å². The van der Waals surface area contributed by atoms with E-state index in [1.807, 2.05) is 12.1 Å². The molecule has 5 nitrogen and oxygen atoms in total. The Labute approximate surface area is 113 Å². The highest BCUT2D eigenvalue weighted by atomic mass is 16.5. The maximum absolute atomic E-state index is 11.8. The Balaban J connectivity index is 2.45. The lowest BCUT2D eigenvalue weighted by atomic mass is 10.3. The zero-order chi connectivity index (χ0) is 14.1. The molecule has 0 aliphatic heterocycles. The summed E-state index contributed by atoms with van der Waals surface area (Å²) in [6, 6.07) is 7.24. The molecule has 0 radical (unpaired) electrons. The monoisotopic (exact) mass is 267 g/mol. The van der Waals surface area contributed by atoms with Gasteiger partial charge in [0.2, 0.25) is 0 Å². The fourth-order valence-electron chi connectivity index (χ4n) is 1.53. The average Bonchev–Trinajstić information content (AvgIpc) is 2.44. The lowest BCUT2D eigenvalue weighted by Crippen LogP contribution is -2.37. The third-order valence-electron chi connectivity index (χ3n) is 2.57. The third-order valence-corrected chi connectivity index (χ3v) is 2.57. The summed E-state index contributed by atoms with van der Waals surface area (Å²) in [7, 11) is 3.20. The predicted octanol–water partition coefficient (Wildman–Crippen LogP) is 1.62. The molecule has 1 amide bonds. The van der Waals surface area contributed by atoms with Crippen LogP contribution in [0.1, 0.15) is 13.3 Å². The number of methoxy groups -OCH3 is 2. The quantitative estimate of drug-likeness (QED) is 0.727. The summed E-state index contributed by atoms with van der Waals surface area (Å²) in [5.74, 6) is 1.02. The molecule has 0 spiro atoms. The molecular formula is C14H21NO4. The van der Waals surface area contributed by atoms with Gasteiger partial charge in [0.05, 0.1) is 7.11 Å². The highest BCUT2D eigenvalue weighted by Gasteiger charge is 2.15. The van der Waals surface area contributed by atoms with E-state index in [2.05, 4.69) is 5.32 Å². The van der Waals surface area contributed by atoms with Crippen LogP contribution < -0.4 is 14.8 Å². The van der Waals surface area contributed by atoms with Crippen molar-refractivity contribution in [2.45, 2.75) is 19.4 Å². The normalized spacial score (nSPS) is 11.7. The molecule has 0 aliphatic carbocycles. The second kappa shape index (κ2) is 8.37. The minimum absolute atomic E-state index is 0.151. The molecule has 106 valence electrons. The molecule has 0 saturated heterocycles. The predicted molar refractivity (Wildman–Crippen MR) is 72.6 cm³/mol. The number of ether oxygens (including phenoxy) is 3. The Morgan fingerprint density at radius 3 is 2.58 bits per heavy atom. The second-order valence-electron chi connectivity index (χ2n) is 4.05. The van der Waals surface area contributed by atoms with Gasteiger partial charge in [-0.3, -0.25) is 4.79 Å². The molecule has 0 bridgehead atoms. The van der Waals surface area contributed by atoms with Crippen molar-refractivity contribution in [2.24, 2.45) is 0 Å². The van der Waals surface area contributed by atoms with Crippen molar-refractivity contribution in [1.29, 1.82) is 0 Å². The van der Waals surface area contributed by atoms with Gasteiger partial charge in [-0.1, -0.05) is 12.1 Å². The van der Waals surface area contributed by atoms with Gasteiger partial charge in [-0.2, -0.15) is 0 Å². The molecule has 19 heavy (non-hydrogen) atoms. The summed E-state index contributed by atoms with van der Waals surface area (Å²) in [6.45, 7) is 2.91. The van der Waals surface area contributed by atoms with Crippen molar-refractivity contribution in [3.05, 3.63) is 24.3 Å². The Kier molecular flexibility index (Phi) is 6.74. The van der Waals surface area contributed by atoms with Gasteiger partial charge < -0.3 is 19.5 Å². The van der Waals surface area contributed by atoms with Crippen molar-refractivity contribution < 1.29 is 19.0 Å². The molecule has 1 aromatic rings. The van der Waals surface area contributed by atoms with E-state index in [0.717, 1.165) is 6.42 Å². The maximum Gasteiger partial charge on any atom is 0.260 e. The Bertz CT molecular complexity index is 395. The van der Waals surface area contributed by atoms with Crippen LogP contribution in [-0.2, 0) is 9.53 Å². The van der Waals surface area contributed by atoms with Crippen LogP contribution in [0.3, 0.4) is 0 Å². The number of nitrogens with one attached hydrogen (secondary N) is 1. The molecule has 0 aromatic heterocycles. The van der Waals surface area contributed by atoms with Crippen molar-refractivity contribution in [2.75, 3.05) is 27.4 Å². The Hall–Kier alpha value is -1.75. The molecular weight excluding hydrogens is 246 g/mol. The molecule has 0 unspecified atom stereocenters. The summed E-state index contributed by atoms with van der Waals surface area (Å²) in [5, 5.41) is 2.79. The zero-order valence-corrected chi connectivity index (χ0v) is 11.6. The largest absolute Gasteiger partial charge is 0.493 e. The first-order chi connectivity index (χ1) is 9.19. The molecule has 1 N–H and O–H groups in total. The molecule has 1 atom stereocenters. The minimum atomic E-state index is -0.571. The van der Waals surface area contributed by atoms with Gasteiger partial charge in [-0.25, -0.2) is 0 Å². The number of rotatable bonds is 8. The van der Waals surface area contributed by atoms with E-state index >= 15 is 0 Å².